The standard InChI is InChI=1S/C86H151NO18/c1-3-5-7-9-11-13-15-17-19-21-23-25-27-29-31-32-33-34-35-36-38-40-42-44-46-48-50-52-54-56-58-60-62-64-74(92)87-69(70(91)63-61-59-57-55-53-51-49-47-45-43-41-39-37-30-28-26-24-22-20-18-16-14-12-10-8-6-4-2)68-100-84-80(98)77(95)82(72(66-89)102-84)105-86-81(99)78(96)83(73(67-90)103-86)104-85-79(97)76(94)75(93)71(65-88)101-85/h5,7,11,13,17,19,23,25,29,31,33-34,36,38,61,63,69-73,75-86,88-91,93-99H,3-4,6,8-10,12,14-16,18,20-22,24,26-28,30,32,35,37,39-60,62,64-68H2,1-2H3,(H,87,92)/b7-5-,13-11-,19-17-,25-23-,31-29-,34-33-,38-36-,63-61+. The number of aliphatic hydroxyl groups excluding tert-OH is 11. The van der Waals surface area contributed by atoms with Crippen molar-refractivity contribution in [2.75, 3.05) is 26.4 Å². The van der Waals surface area contributed by atoms with Gasteiger partial charge in [-0.2, -0.15) is 0 Å². The third kappa shape index (κ3) is 45.0. The van der Waals surface area contributed by atoms with Gasteiger partial charge in [-0.05, 0) is 77.0 Å². The molecule has 3 rings (SSSR count). The van der Waals surface area contributed by atoms with Gasteiger partial charge in [-0.3, -0.25) is 4.79 Å². The van der Waals surface area contributed by atoms with E-state index in [-0.39, 0.29) is 18.9 Å². The fraction of sp³-hybridized carbons (Fsp3) is 0.802. The lowest BCUT2D eigenvalue weighted by atomic mass is 9.96. The fourth-order valence-corrected chi connectivity index (χ4v) is 13.7. The SMILES string of the molecule is CC/C=C\C/C=C\C/C=C\C/C=C\C/C=C\C/C=C\C/C=C\CCCCCCCCCCCCCC(=O)NC(COC1OC(CO)C(OC2OC(CO)C(OC3OC(CO)C(O)C(O)C3O)C(O)C2O)C(O)C1O)C(O)/C=C/CCCCCCCCCCCCCCCCCCCCCCCCCCC. The molecule has 0 aromatic carbocycles. The number of nitrogens with one attached hydrogen (secondary N) is 1. The molecule has 3 fully saturated rings. The van der Waals surface area contributed by atoms with E-state index in [1.807, 2.05) is 6.08 Å². The van der Waals surface area contributed by atoms with Crippen LogP contribution in [0.2, 0.25) is 0 Å². The first kappa shape index (κ1) is 95.9. The molecule has 12 N–H and O–H groups in total. The molecule has 19 heteroatoms. The maximum atomic E-state index is 13.5. The summed E-state index contributed by atoms with van der Waals surface area (Å²) in [4.78, 5) is 13.5. The van der Waals surface area contributed by atoms with Crippen molar-refractivity contribution in [1.82, 2.24) is 5.32 Å². The molecule has 3 saturated heterocycles. The van der Waals surface area contributed by atoms with E-state index in [1.165, 1.54) is 180 Å². The maximum absolute atomic E-state index is 13.5. The molecule has 0 aromatic heterocycles. The number of aliphatic hydroxyl groups is 11. The summed E-state index contributed by atoms with van der Waals surface area (Å²) in [6, 6.07) is -0.983. The molecule has 3 aliphatic heterocycles. The lowest BCUT2D eigenvalue weighted by Gasteiger charge is -2.48. The van der Waals surface area contributed by atoms with Crippen molar-refractivity contribution in [2.24, 2.45) is 0 Å². The van der Waals surface area contributed by atoms with Crippen LogP contribution in [0.4, 0.5) is 0 Å². The highest BCUT2D eigenvalue weighted by Crippen LogP contribution is 2.33. The van der Waals surface area contributed by atoms with Crippen LogP contribution in [0.25, 0.3) is 0 Å². The van der Waals surface area contributed by atoms with Gasteiger partial charge in [-0.25, -0.2) is 0 Å². The lowest BCUT2D eigenvalue weighted by molar-refractivity contribution is -0.379. The van der Waals surface area contributed by atoms with Crippen LogP contribution < -0.4 is 5.32 Å². The molecule has 19 nitrogen and oxygen atoms in total. The monoisotopic (exact) mass is 1490 g/mol. The average Bonchev–Trinajstić information content (AvgIpc) is 0.780. The lowest BCUT2D eigenvalue weighted by Crippen LogP contribution is -2.66. The summed E-state index contributed by atoms with van der Waals surface area (Å²) in [5.41, 5.74) is 0. The minimum Gasteiger partial charge on any atom is -0.394 e. The van der Waals surface area contributed by atoms with Crippen LogP contribution in [-0.2, 0) is 33.2 Å². The van der Waals surface area contributed by atoms with Crippen molar-refractivity contribution < 1.29 is 89.4 Å². The predicted molar refractivity (Wildman–Crippen MR) is 420 cm³/mol. The van der Waals surface area contributed by atoms with E-state index in [0.29, 0.717) is 6.42 Å². The van der Waals surface area contributed by atoms with Crippen LogP contribution >= 0.6 is 0 Å². The highest BCUT2D eigenvalue weighted by atomic mass is 16.8. The van der Waals surface area contributed by atoms with E-state index >= 15 is 0 Å². The van der Waals surface area contributed by atoms with Crippen LogP contribution in [0.1, 0.15) is 309 Å². The second kappa shape index (κ2) is 65.4. The second-order valence-electron chi connectivity index (χ2n) is 29.6. The summed E-state index contributed by atoms with van der Waals surface area (Å²) < 4.78 is 34.5. The van der Waals surface area contributed by atoms with Crippen molar-refractivity contribution in [1.29, 1.82) is 0 Å². The molecule has 0 aliphatic carbocycles. The number of rotatable bonds is 66. The maximum Gasteiger partial charge on any atom is 0.220 e. The Labute approximate surface area is 634 Å². The number of amides is 1. The van der Waals surface area contributed by atoms with Crippen LogP contribution in [0.15, 0.2) is 97.2 Å². The fourth-order valence-electron chi connectivity index (χ4n) is 13.7. The number of carbonyl (C=O) groups is 1. The Balaban J connectivity index is 1.37. The first-order valence-electron chi connectivity index (χ1n) is 42.0. The number of unbranched alkanes of at least 4 members (excludes halogenated alkanes) is 36. The quantitative estimate of drug-likeness (QED) is 0.0199. The molecule has 0 bridgehead atoms. The highest BCUT2D eigenvalue weighted by Gasteiger charge is 2.54. The first-order chi connectivity index (χ1) is 51.3. The number of hydrogen-bond acceptors (Lipinski definition) is 18. The van der Waals surface area contributed by atoms with Crippen molar-refractivity contribution in [3.05, 3.63) is 97.2 Å². The number of allylic oxidation sites excluding steroid dienone is 15. The van der Waals surface area contributed by atoms with E-state index in [2.05, 4.69) is 104 Å². The van der Waals surface area contributed by atoms with E-state index in [1.54, 1.807) is 6.08 Å². The van der Waals surface area contributed by atoms with Crippen LogP contribution in [0.5, 0.6) is 0 Å². The Bertz CT molecular complexity index is 2270. The van der Waals surface area contributed by atoms with Gasteiger partial charge < -0.3 is 89.9 Å². The Morgan fingerprint density at radius 3 is 1.03 bits per heavy atom. The van der Waals surface area contributed by atoms with Gasteiger partial charge in [0.2, 0.25) is 5.91 Å². The van der Waals surface area contributed by atoms with Crippen LogP contribution in [0, 0.1) is 0 Å². The molecule has 17 unspecified atom stereocenters. The van der Waals surface area contributed by atoms with Crippen molar-refractivity contribution in [3.8, 4) is 0 Å². The van der Waals surface area contributed by atoms with E-state index in [0.717, 1.165) is 103 Å². The van der Waals surface area contributed by atoms with E-state index in [9.17, 15) is 61.0 Å². The minimum atomic E-state index is -1.98. The number of carbonyl (C=O) groups excluding carboxylic acids is 1. The molecule has 0 spiro atoms. The number of ether oxygens (including phenoxy) is 6. The summed E-state index contributed by atoms with van der Waals surface area (Å²) in [7, 11) is 0. The van der Waals surface area contributed by atoms with Gasteiger partial charge in [0.15, 0.2) is 18.9 Å². The van der Waals surface area contributed by atoms with Crippen LogP contribution in [0.3, 0.4) is 0 Å². The van der Waals surface area contributed by atoms with E-state index < -0.39 is 124 Å². The van der Waals surface area contributed by atoms with Crippen LogP contribution in [-0.4, -0.2) is 193 Å². The topological polar surface area (TPSA) is 307 Å². The Kier molecular flexibility index (Phi) is 59.8. The number of hydrogen-bond donors (Lipinski definition) is 12. The molecule has 0 saturated carbocycles. The average molecular weight is 1490 g/mol. The summed E-state index contributed by atoms with van der Waals surface area (Å²) in [5.74, 6) is -0.279. The summed E-state index contributed by atoms with van der Waals surface area (Å²) in [6.07, 6.45) is 62.4. The first-order valence-corrected chi connectivity index (χ1v) is 42.0. The van der Waals surface area contributed by atoms with Crippen molar-refractivity contribution in [2.45, 2.75) is 413 Å². The molecule has 3 heterocycles. The Morgan fingerprint density at radius 2 is 0.657 bits per heavy atom. The molecule has 3 aliphatic rings. The zero-order chi connectivity index (χ0) is 76.0. The molecule has 17 atom stereocenters. The van der Waals surface area contributed by atoms with Gasteiger partial charge in [-0.1, -0.05) is 323 Å². The van der Waals surface area contributed by atoms with Gasteiger partial charge in [0.25, 0.3) is 0 Å². The molecular formula is C86H151NO18. The minimum absolute atomic E-state index is 0.235. The summed E-state index contributed by atoms with van der Waals surface area (Å²) in [6.45, 7) is 1.65. The van der Waals surface area contributed by atoms with Crippen molar-refractivity contribution in [3.63, 3.8) is 0 Å². The van der Waals surface area contributed by atoms with Gasteiger partial charge in [-0.15, -0.1) is 0 Å². The normalized spacial score (nSPS) is 26.3. The second-order valence-corrected chi connectivity index (χ2v) is 29.6. The largest absolute Gasteiger partial charge is 0.394 e. The zero-order valence-corrected chi connectivity index (χ0v) is 65.2. The Morgan fingerprint density at radius 1 is 0.352 bits per heavy atom. The third-order valence-electron chi connectivity index (χ3n) is 20.4. The smallest absolute Gasteiger partial charge is 0.220 e. The zero-order valence-electron chi connectivity index (χ0n) is 65.2. The molecular weight excluding hydrogens is 1330 g/mol. The molecule has 608 valence electrons. The Hall–Kier alpha value is -3.29. The highest BCUT2D eigenvalue weighted by molar-refractivity contribution is 5.76. The van der Waals surface area contributed by atoms with E-state index in [4.69, 9.17) is 28.4 Å². The molecule has 105 heavy (non-hydrogen) atoms. The molecule has 0 radical (unpaired) electrons. The predicted octanol–water partition coefficient (Wildman–Crippen LogP) is 14.7. The van der Waals surface area contributed by atoms with Gasteiger partial charge >= 0.3 is 0 Å². The summed E-state index contributed by atoms with van der Waals surface area (Å²) in [5, 5.41) is 121. The van der Waals surface area contributed by atoms with Gasteiger partial charge in [0, 0.05) is 6.42 Å². The summed E-state index contributed by atoms with van der Waals surface area (Å²) >= 11 is 0. The van der Waals surface area contributed by atoms with Gasteiger partial charge in [0.05, 0.1) is 38.6 Å². The molecule has 1 amide bonds. The van der Waals surface area contributed by atoms with Gasteiger partial charge in [0.1, 0.15) is 73.2 Å². The van der Waals surface area contributed by atoms with Crippen molar-refractivity contribution >= 4 is 5.91 Å². The third-order valence-corrected chi connectivity index (χ3v) is 20.4. The molecule has 0 aromatic rings.